The molecule has 2 heterocycles. The average Bonchev–Trinajstić information content (AvgIpc) is 3.32. The van der Waals surface area contributed by atoms with Crippen LogP contribution in [0.15, 0.2) is 24.4 Å². The van der Waals surface area contributed by atoms with Crippen LogP contribution in [0.3, 0.4) is 0 Å². The predicted octanol–water partition coefficient (Wildman–Crippen LogP) is 1.04. The molecule has 0 unspecified atom stereocenters. The predicted molar refractivity (Wildman–Crippen MR) is 101 cm³/mol. The molecule has 28 heavy (non-hydrogen) atoms. The molecule has 8 nitrogen and oxygen atoms in total. The Morgan fingerprint density at radius 2 is 2.11 bits per heavy atom. The highest BCUT2D eigenvalue weighted by Gasteiger charge is 2.33. The van der Waals surface area contributed by atoms with Crippen LogP contribution in [0.5, 0.6) is 0 Å². The topological polar surface area (TPSA) is 101 Å². The third-order valence-corrected chi connectivity index (χ3v) is 5.07. The summed E-state index contributed by atoms with van der Waals surface area (Å²) >= 11 is 0. The summed E-state index contributed by atoms with van der Waals surface area (Å²) in [7, 11) is 1.61. The number of nitrogens with one attached hydrogen (secondary N) is 3. The first-order valence-electron chi connectivity index (χ1n) is 9.17. The zero-order valence-corrected chi connectivity index (χ0v) is 16.4. The van der Waals surface area contributed by atoms with Crippen molar-refractivity contribution >= 4 is 11.8 Å². The summed E-state index contributed by atoms with van der Waals surface area (Å²) in [5.41, 5.74) is 0.753. The minimum atomic E-state index is -0.805. The van der Waals surface area contributed by atoms with Gasteiger partial charge in [0.2, 0.25) is 5.91 Å². The van der Waals surface area contributed by atoms with Gasteiger partial charge in [-0.25, -0.2) is 9.07 Å². The Hall–Kier alpha value is -2.81. The lowest BCUT2D eigenvalue weighted by Gasteiger charge is -2.24. The Kier molecular flexibility index (Phi) is 5.46. The number of hydrogen-bond donors (Lipinski definition) is 3. The van der Waals surface area contributed by atoms with Crippen molar-refractivity contribution in [3.05, 3.63) is 47.0 Å². The van der Waals surface area contributed by atoms with E-state index in [1.54, 1.807) is 30.9 Å². The molecule has 1 aromatic carbocycles. The fourth-order valence-electron chi connectivity index (χ4n) is 3.29. The first kappa shape index (κ1) is 19.9. The van der Waals surface area contributed by atoms with Crippen molar-refractivity contribution in [2.75, 3.05) is 13.6 Å². The van der Waals surface area contributed by atoms with Crippen molar-refractivity contribution in [1.82, 2.24) is 30.9 Å². The molecule has 1 saturated heterocycles. The van der Waals surface area contributed by atoms with Crippen molar-refractivity contribution in [3.63, 3.8) is 0 Å². The van der Waals surface area contributed by atoms with E-state index in [0.717, 1.165) is 0 Å². The lowest BCUT2D eigenvalue weighted by Crippen LogP contribution is -2.41. The highest BCUT2D eigenvalue weighted by Crippen LogP contribution is 2.23. The number of carbonyl (C=O) groups is 2. The third kappa shape index (κ3) is 4.04. The number of rotatable bonds is 5. The highest BCUT2D eigenvalue weighted by atomic mass is 19.1. The van der Waals surface area contributed by atoms with E-state index in [1.807, 2.05) is 13.8 Å². The second-order valence-electron chi connectivity index (χ2n) is 7.59. The molecule has 9 heteroatoms. The number of aryl methyl sites for hydroxylation is 1. The molecule has 150 valence electrons. The Morgan fingerprint density at radius 1 is 1.36 bits per heavy atom. The zero-order chi connectivity index (χ0) is 20.5. The molecule has 0 radical (unpaired) electrons. The maximum absolute atomic E-state index is 13.5. The van der Waals surface area contributed by atoms with Crippen molar-refractivity contribution in [2.45, 2.75) is 44.8 Å². The normalized spacial score (nSPS) is 19.5. The lowest BCUT2D eigenvalue weighted by atomic mass is 9.99. The third-order valence-electron chi connectivity index (χ3n) is 5.07. The number of carbonyl (C=O) groups excluding carboxylic acids is 2. The molecule has 1 fully saturated rings. The summed E-state index contributed by atoms with van der Waals surface area (Å²) in [5, 5.41) is 17.1. The van der Waals surface area contributed by atoms with Crippen LogP contribution in [0, 0.1) is 12.7 Å². The van der Waals surface area contributed by atoms with Crippen molar-refractivity contribution in [1.29, 1.82) is 0 Å². The van der Waals surface area contributed by atoms with Gasteiger partial charge < -0.3 is 16.0 Å². The number of aromatic nitrogens is 3. The van der Waals surface area contributed by atoms with Crippen LogP contribution >= 0.6 is 0 Å². The van der Waals surface area contributed by atoms with Gasteiger partial charge in [0.25, 0.3) is 5.91 Å². The maximum atomic E-state index is 13.5. The van der Waals surface area contributed by atoms with E-state index in [-0.39, 0.29) is 29.5 Å². The van der Waals surface area contributed by atoms with Gasteiger partial charge in [0.1, 0.15) is 11.5 Å². The van der Waals surface area contributed by atoms with Crippen molar-refractivity contribution < 1.29 is 14.0 Å². The molecular weight excluding hydrogens is 363 g/mol. The molecular formula is C19H25FN6O2. The standard InChI is InChI=1S/C19H25FN6O2/c1-11-5-6-12(20)7-14(11)17(27)23-19(2,3)16-10-26(25-24-16)13-8-15(22-9-13)18(28)21-4/h5-7,10,13,15,22H,8-9H2,1-4H3,(H,21,28)(H,23,27)/t13-,15+/m1/s1. The van der Waals surface area contributed by atoms with Crippen LogP contribution in [0.25, 0.3) is 0 Å². The van der Waals surface area contributed by atoms with E-state index in [4.69, 9.17) is 0 Å². The van der Waals surface area contributed by atoms with Gasteiger partial charge in [0, 0.05) is 19.2 Å². The van der Waals surface area contributed by atoms with Crippen LogP contribution in [0.1, 0.15) is 47.9 Å². The number of amides is 2. The van der Waals surface area contributed by atoms with Crippen LogP contribution < -0.4 is 16.0 Å². The largest absolute Gasteiger partial charge is 0.358 e. The number of hydrogen-bond acceptors (Lipinski definition) is 5. The van der Waals surface area contributed by atoms with Gasteiger partial charge in [-0.15, -0.1) is 5.10 Å². The molecule has 2 atom stereocenters. The summed E-state index contributed by atoms with van der Waals surface area (Å²) < 4.78 is 15.2. The SMILES string of the molecule is CNC(=O)[C@@H]1C[C@@H](n2cc(C(C)(C)NC(=O)c3cc(F)ccc3C)nn2)CN1. The first-order valence-corrected chi connectivity index (χ1v) is 9.17. The molecule has 1 aliphatic heterocycles. The molecule has 2 aromatic rings. The van der Waals surface area contributed by atoms with E-state index >= 15 is 0 Å². The molecule has 3 N–H and O–H groups in total. The first-order chi connectivity index (χ1) is 13.2. The van der Waals surface area contributed by atoms with E-state index in [2.05, 4.69) is 26.3 Å². The number of benzene rings is 1. The molecule has 1 aromatic heterocycles. The summed E-state index contributed by atoms with van der Waals surface area (Å²) in [6.07, 6.45) is 2.38. The van der Waals surface area contributed by atoms with Crippen LogP contribution in [-0.2, 0) is 10.3 Å². The van der Waals surface area contributed by atoms with Crippen LogP contribution in [-0.4, -0.2) is 46.4 Å². The zero-order valence-electron chi connectivity index (χ0n) is 16.4. The average molecular weight is 388 g/mol. The summed E-state index contributed by atoms with van der Waals surface area (Å²) in [4.78, 5) is 24.4. The highest BCUT2D eigenvalue weighted by molar-refractivity contribution is 5.96. The number of likely N-dealkylation sites (N-methyl/N-ethyl adjacent to an activating group) is 1. The van der Waals surface area contributed by atoms with Crippen molar-refractivity contribution in [3.8, 4) is 0 Å². The summed E-state index contributed by atoms with van der Waals surface area (Å²) in [6.45, 7) is 5.99. The molecule has 1 aliphatic rings. The molecule has 2 amide bonds. The van der Waals surface area contributed by atoms with Gasteiger partial charge in [-0.3, -0.25) is 9.59 Å². The Labute approximate surface area is 162 Å². The van der Waals surface area contributed by atoms with Crippen LogP contribution in [0.4, 0.5) is 4.39 Å². The Morgan fingerprint density at radius 3 is 2.82 bits per heavy atom. The van der Waals surface area contributed by atoms with E-state index in [0.29, 0.717) is 24.2 Å². The minimum absolute atomic E-state index is 0.000477. The van der Waals surface area contributed by atoms with E-state index in [9.17, 15) is 14.0 Å². The second-order valence-corrected chi connectivity index (χ2v) is 7.59. The smallest absolute Gasteiger partial charge is 0.252 e. The fourth-order valence-corrected chi connectivity index (χ4v) is 3.29. The molecule has 0 saturated carbocycles. The second kappa shape index (κ2) is 7.67. The van der Waals surface area contributed by atoms with Gasteiger partial charge in [0.05, 0.1) is 23.8 Å². The van der Waals surface area contributed by atoms with Gasteiger partial charge in [-0.05, 0) is 44.9 Å². The minimum Gasteiger partial charge on any atom is -0.358 e. The van der Waals surface area contributed by atoms with Crippen molar-refractivity contribution in [2.24, 2.45) is 0 Å². The van der Waals surface area contributed by atoms with Gasteiger partial charge in [-0.1, -0.05) is 11.3 Å². The van der Waals surface area contributed by atoms with Crippen LogP contribution in [0.2, 0.25) is 0 Å². The Balaban J connectivity index is 1.72. The maximum Gasteiger partial charge on any atom is 0.252 e. The molecule has 0 aliphatic carbocycles. The monoisotopic (exact) mass is 388 g/mol. The molecule has 0 spiro atoms. The number of halogens is 1. The molecule has 3 rings (SSSR count). The quantitative estimate of drug-likeness (QED) is 0.711. The van der Waals surface area contributed by atoms with E-state index < -0.39 is 11.4 Å². The van der Waals surface area contributed by atoms with Gasteiger partial charge in [-0.2, -0.15) is 0 Å². The van der Waals surface area contributed by atoms with Gasteiger partial charge in [0.15, 0.2) is 0 Å². The van der Waals surface area contributed by atoms with E-state index in [1.165, 1.54) is 12.1 Å². The number of nitrogens with zero attached hydrogens (tertiary/aromatic N) is 3. The lowest BCUT2D eigenvalue weighted by molar-refractivity contribution is -0.122. The summed E-state index contributed by atoms with van der Waals surface area (Å²) in [6, 6.07) is 3.86. The summed E-state index contributed by atoms with van der Waals surface area (Å²) in [5.74, 6) is -0.890. The fraction of sp³-hybridized carbons (Fsp3) is 0.474. The Bertz CT molecular complexity index is 894. The molecule has 0 bridgehead atoms. The van der Waals surface area contributed by atoms with Gasteiger partial charge >= 0.3 is 0 Å².